The van der Waals surface area contributed by atoms with Gasteiger partial charge in [-0.1, -0.05) is 19.3 Å². The summed E-state index contributed by atoms with van der Waals surface area (Å²) in [5, 5.41) is 0. The van der Waals surface area contributed by atoms with Gasteiger partial charge >= 0.3 is 30.5 Å². The molecule has 0 aromatic rings. The molecule has 0 N–H and O–H groups in total. The Morgan fingerprint density at radius 1 is 0.840 bits per heavy atom. The van der Waals surface area contributed by atoms with Gasteiger partial charge in [-0.05, 0) is 0 Å². The van der Waals surface area contributed by atoms with Gasteiger partial charge in [-0.15, -0.1) is 6.42 Å². The second-order valence-electron chi connectivity index (χ2n) is 3.84. The third kappa shape index (κ3) is 16.7. The molecule has 15 heteroatoms. The van der Waals surface area contributed by atoms with Gasteiger partial charge in [0.15, 0.2) is 20.2 Å². The second-order valence-corrected chi connectivity index (χ2v) is 6.59. The van der Waals surface area contributed by atoms with Gasteiger partial charge in [0, 0.05) is 0 Å². The summed E-state index contributed by atoms with van der Waals surface area (Å²) in [6.07, 6.45) is 14.5. The molecule has 0 spiro atoms. The van der Waals surface area contributed by atoms with Crippen molar-refractivity contribution in [2.45, 2.75) is 36.7 Å². The number of halogens is 6. The Labute approximate surface area is 153 Å². The smallest absolute Gasteiger partial charge is 0.741 e. The maximum Gasteiger partial charge on any atom is 3.00 e. The van der Waals surface area contributed by atoms with Crippen molar-refractivity contribution in [3.05, 3.63) is 24.3 Å². The van der Waals surface area contributed by atoms with E-state index < -0.39 is 31.3 Å². The molecule has 0 saturated carbocycles. The Morgan fingerprint density at radius 3 is 1.52 bits per heavy atom. The molecule has 150 valence electrons. The summed E-state index contributed by atoms with van der Waals surface area (Å²) < 4.78 is 118. The molecule has 25 heavy (non-hydrogen) atoms. The number of hydrogen-bond donors (Lipinski definition) is 0. The van der Waals surface area contributed by atoms with Gasteiger partial charge in [0.05, 0.1) is 0 Å². The fraction of sp³-hybridized carbons (Fsp3) is 0.600. The fourth-order valence-electron chi connectivity index (χ4n) is 0.805. The van der Waals surface area contributed by atoms with Crippen molar-refractivity contribution in [2.75, 3.05) is 0 Å². The maximum absolute atomic E-state index is 10.7. The Hall–Kier alpha value is -0.497. The Balaban J connectivity index is -0.000000285. The van der Waals surface area contributed by atoms with Crippen LogP contribution in [0.15, 0.2) is 18.2 Å². The van der Waals surface area contributed by atoms with Crippen LogP contribution in [0.5, 0.6) is 0 Å². The molecule has 0 saturated heterocycles. The minimum atomic E-state index is -6.09. The standard InChI is InChI=1S/C8H11.2CHF3O3S.Rh/c1-2-4-6-8-7-5-3-1;2*2-1(3,4)8(5,6)7;/h1-3H,4,6-8H2;2*(H,5,6,7);/q-1;;;+3/p-2/b2-1-;;;. The van der Waals surface area contributed by atoms with E-state index in [4.69, 9.17) is 25.9 Å². The molecule has 0 aromatic heterocycles. The number of rotatable bonds is 0. The first kappa shape index (κ1) is 29.3. The zero-order chi connectivity index (χ0) is 19.7. The molecule has 0 bridgehead atoms. The number of alkyl halides is 6. The predicted octanol–water partition coefficient (Wildman–Crippen LogP) is 2.58. The molecule has 0 aromatic carbocycles. The van der Waals surface area contributed by atoms with Gasteiger partial charge in [0.1, 0.15) is 0 Å². The van der Waals surface area contributed by atoms with E-state index in [1.807, 2.05) is 6.08 Å². The molecule has 1 aliphatic rings. The van der Waals surface area contributed by atoms with E-state index in [9.17, 15) is 26.3 Å². The first-order valence-electron chi connectivity index (χ1n) is 5.76. The summed E-state index contributed by atoms with van der Waals surface area (Å²) in [7, 11) is -12.2. The van der Waals surface area contributed by atoms with Gasteiger partial charge in [0.2, 0.25) is 0 Å². The van der Waals surface area contributed by atoms with Crippen LogP contribution in [0.1, 0.15) is 25.7 Å². The molecule has 0 aliphatic heterocycles. The largest absolute Gasteiger partial charge is 3.00 e. The molecule has 0 fully saturated rings. The summed E-state index contributed by atoms with van der Waals surface area (Å²) in [5.41, 5.74) is -11.3. The van der Waals surface area contributed by atoms with E-state index in [0.717, 1.165) is 6.42 Å². The van der Waals surface area contributed by atoms with Crippen molar-refractivity contribution in [3.8, 4) is 0 Å². The minimum Gasteiger partial charge on any atom is -0.741 e. The van der Waals surface area contributed by atoms with E-state index in [2.05, 4.69) is 18.2 Å². The fourth-order valence-corrected chi connectivity index (χ4v) is 0.805. The van der Waals surface area contributed by atoms with Gasteiger partial charge in [-0.25, -0.2) is 29.0 Å². The molecule has 0 heterocycles. The van der Waals surface area contributed by atoms with Crippen molar-refractivity contribution < 1.29 is 71.8 Å². The quantitative estimate of drug-likeness (QED) is 0.163. The van der Waals surface area contributed by atoms with E-state index in [-0.39, 0.29) is 19.5 Å². The van der Waals surface area contributed by atoms with E-state index >= 15 is 0 Å². The number of hydrogen-bond acceptors (Lipinski definition) is 6. The molecule has 6 nitrogen and oxygen atoms in total. The molecular formula is C10H11F6O6RhS2. The third-order valence-corrected chi connectivity index (χ3v) is 2.99. The Morgan fingerprint density at radius 2 is 1.20 bits per heavy atom. The molecule has 0 atom stereocenters. The first-order chi connectivity index (χ1) is 10.5. The van der Waals surface area contributed by atoms with Crippen LogP contribution < -0.4 is 0 Å². The zero-order valence-electron chi connectivity index (χ0n) is 11.9. The van der Waals surface area contributed by atoms with Crippen molar-refractivity contribution >= 4 is 20.2 Å². The molecular weight excluding hydrogens is 497 g/mol. The topological polar surface area (TPSA) is 114 Å². The molecule has 0 amide bonds. The summed E-state index contributed by atoms with van der Waals surface area (Å²) >= 11 is 0. The van der Waals surface area contributed by atoms with Crippen LogP contribution in [0.4, 0.5) is 26.3 Å². The van der Waals surface area contributed by atoms with Crippen LogP contribution in [-0.4, -0.2) is 37.0 Å². The third-order valence-electron chi connectivity index (χ3n) is 1.86. The average Bonchev–Trinajstić information content (AvgIpc) is 2.23. The van der Waals surface area contributed by atoms with Crippen molar-refractivity contribution in [2.24, 2.45) is 0 Å². The van der Waals surface area contributed by atoms with Gasteiger partial charge in [-0.2, -0.15) is 32.4 Å². The van der Waals surface area contributed by atoms with Crippen molar-refractivity contribution in [1.29, 1.82) is 0 Å². The Bertz CT molecular complexity index is 565. The second kappa shape index (κ2) is 12.0. The van der Waals surface area contributed by atoms with Crippen LogP contribution in [0, 0.1) is 6.08 Å². The normalized spacial score (nSPS) is 16.6. The summed E-state index contributed by atoms with van der Waals surface area (Å²) in [4.78, 5) is 0. The van der Waals surface area contributed by atoms with Crippen LogP contribution >= 0.6 is 0 Å². The molecule has 0 radical (unpaired) electrons. The first-order valence-corrected chi connectivity index (χ1v) is 8.58. The summed E-state index contributed by atoms with van der Waals surface area (Å²) in [6.45, 7) is 0. The van der Waals surface area contributed by atoms with Gasteiger partial charge in [0.25, 0.3) is 0 Å². The van der Waals surface area contributed by atoms with Crippen molar-refractivity contribution in [1.82, 2.24) is 0 Å². The summed E-state index contributed by atoms with van der Waals surface area (Å²) in [5.74, 6) is 0. The number of allylic oxidation sites excluding steroid dienone is 4. The van der Waals surface area contributed by atoms with E-state index in [1.54, 1.807) is 0 Å². The van der Waals surface area contributed by atoms with Crippen LogP contribution in [-0.2, 0) is 39.7 Å². The van der Waals surface area contributed by atoms with Gasteiger partial charge in [-0.3, -0.25) is 6.08 Å². The van der Waals surface area contributed by atoms with E-state index in [1.165, 1.54) is 19.3 Å². The van der Waals surface area contributed by atoms with Crippen molar-refractivity contribution in [3.63, 3.8) is 0 Å². The molecule has 1 rings (SSSR count). The van der Waals surface area contributed by atoms with Crippen LogP contribution in [0.25, 0.3) is 0 Å². The maximum atomic E-state index is 10.7. The predicted molar refractivity (Wildman–Crippen MR) is 66.9 cm³/mol. The monoisotopic (exact) mass is 508 g/mol. The van der Waals surface area contributed by atoms with Crippen LogP contribution in [0.2, 0.25) is 0 Å². The van der Waals surface area contributed by atoms with Crippen LogP contribution in [0.3, 0.4) is 0 Å². The Kier molecular flexibility index (Phi) is 14.0. The average molecular weight is 508 g/mol. The minimum absolute atomic E-state index is 0. The summed E-state index contributed by atoms with van der Waals surface area (Å²) in [6, 6.07) is 0. The van der Waals surface area contributed by atoms with E-state index in [0.29, 0.717) is 0 Å². The SMILES string of the molecule is O=S(=O)([O-])C(F)(F)F.O=S(=O)([O-])C(F)(F)F.[C-]1=C/C=C\CCCC1.[Rh+3]. The molecule has 0 unspecified atom stereocenters. The zero-order valence-corrected chi connectivity index (χ0v) is 15.2. The van der Waals surface area contributed by atoms with Gasteiger partial charge < -0.3 is 9.11 Å². The molecule has 1 aliphatic carbocycles.